The molecule has 6 nitrogen and oxygen atoms in total. The topological polar surface area (TPSA) is 74.4 Å². The summed E-state index contributed by atoms with van der Waals surface area (Å²) in [6.45, 7) is 2.95. The standard InChI is InChI=1S/C33H32F3N3O3/c1-22-7-11-25(39(22)26-12-15-30-28(19-26)29(33(34,35)36)20-32(41)38-30)17-18-37-31(40)16-10-23-8-13-27(14-9-23)42-21-24-5-3-2-4-6-24/h2-6,8-10,12-16,19-20,22,25H,7,11,17-18,21H2,1H3,(H,37,40)(H,38,41)/b16-10+/t22-,25-/m1/s1. The van der Waals surface area contributed by atoms with Gasteiger partial charge < -0.3 is 19.9 Å². The molecule has 2 atom stereocenters. The highest BCUT2D eigenvalue weighted by molar-refractivity contribution is 5.91. The first kappa shape index (κ1) is 29.0. The lowest BCUT2D eigenvalue weighted by molar-refractivity contribution is -0.136. The number of ether oxygens (including phenoxy) is 1. The molecule has 0 saturated carbocycles. The maximum Gasteiger partial charge on any atom is 0.417 e. The second kappa shape index (κ2) is 12.5. The summed E-state index contributed by atoms with van der Waals surface area (Å²) in [6.07, 6.45) is 0.973. The van der Waals surface area contributed by atoms with E-state index in [0.29, 0.717) is 31.3 Å². The fourth-order valence-corrected chi connectivity index (χ4v) is 5.47. The smallest absolute Gasteiger partial charge is 0.417 e. The monoisotopic (exact) mass is 575 g/mol. The van der Waals surface area contributed by atoms with Crippen molar-refractivity contribution in [1.82, 2.24) is 10.3 Å². The van der Waals surface area contributed by atoms with Crippen molar-refractivity contribution in [2.75, 3.05) is 11.4 Å². The Morgan fingerprint density at radius 1 is 1.05 bits per heavy atom. The first-order valence-electron chi connectivity index (χ1n) is 13.9. The number of nitrogens with one attached hydrogen (secondary N) is 2. The first-order chi connectivity index (χ1) is 20.2. The third-order valence-electron chi connectivity index (χ3n) is 7.55. The second-order valence-electron chi connectivity index (χ2n) is 10.5. The maximum atomic E-state index is 13.7. The van der Waals surface area contributed by atoms with Gasteiger partial charge in [0.15, 0.2) is 0 Å². The van der Waals surface area contributed by atoms with Crippen molar-refractivity contribution in [3.05, 3.63) is 112 Å². The number of halogens is 3. The van der Waals surface area contributed by atoms with Crippen molar-refractivity contribution >= 4 is 28.6 Å². The molecular weight excluding hydrogens is 543 g/mol. The Kier molecular flexibility index (Phi) is 8.66. The van der Waals surface area contributed by atoms with Crippen molar-refractivity contribution in [2.24, 2.45) is 0 Å². The zero-order chi connectivity index (χ0) is 29.7. The number of nitrogens with zero attached hydrogens (tertiary/aromatic N) is 1. The van der Waals surface area contributed by atoms with Crippen molar-refractivity contribution < 1.29 is 22.7 Å². The van der Waals surface area contributed by atoms with E-state index in [1.807, 2.05) is 61.5 Å². The van der Waals surface area contributed by atoms with E-state index in [9.17, 15) is 22.8 Å². The number of alkyl halides is 3. The molecule has 218 valence electrons. The summed E-state index contributed by atoms with van der Waals surface area (Å²) in [6, 6.07) is 22.9. The number of benzene rings is 3. The zero-order valence-electron chi connectivity index (χ0n) is 23.2. The lowest BCUT2D eigenvalue weighted by atomic mass is 10.1. The molecule has 2 heterocycles. The minimum absolute atomic E-state index is 0.0355. The van der Waals surface area contributed by atoms with Gasteiger partial charge in [-0.3, -0.25) is 9.59 Å². The highest BCUT2D eigenvalue weighted by atomic mass is 19.4. The van der Waals surface area contributed by atoms with Crippen LogP contribution in [0.15, 0.2) is 89.7 Å². The van der Waals surface area contributed by atoms with E-state index < -0.39 is 17.3 Å². The summed E-state index contributed by atoms with van der Waals surface area (Å²) in [7, 11) is 0. The van der Waals surface area contributed by atoms with Crippen molar-refractivity contribution in [3.8, 4) is 5.75 Å². The lowest BCUT2D eigenvalue weighted by Gasteiger charge is -2.31. The third-order valence-corrected chi connectivity index (χ3v) is 7.55. The molecule has 0 bridgehead atoms. The Morgan fingerprint density at radius 3 is 2.55 bits per heavy atom. The molecule has 5 rings (SSSR count). The number of H-pyrrole nitrogens is 1. The van der Waals surface area contributed by atoms with E-state index in [2.05, 4.69) is 15.2 Å². The average Bonchev–Trinajstić information content (AvgIpc) is 3.34. The summed E-state index contributed by atoms with van der Waals surface area (Å²) in [5, 5.41) is 2.88. The van der Waals surface area contributed by atoms with Crippen LogP contribution in [0.25, 0.3) is 17.0 Å². The Bertz CT molecular complexity index is 1620. The largest absolute Gasteiger partial charge is 0.489 e. The molecule has 3 aromatic carbocycles. The van der Waals surface area contributed by atoms with Gasteiger partial charge in [0.25, 0.3) is 0 Å². The molecule has 9 heteroatoms. The summed E-state index contributed by atoms with van der Waals surface area (Å²) < 4.78 is 46.8. The molecule has 0 aliphatic carbocycles. The van der Waals surface area contributed by atoms with Gasteiger partial charge in [0.05, 0.1) is 5.56 Å². The minimum Gasteiger partial charge on any atom is -0.489 e. The molecule has 1 saturated heterocycles. The third kappa shape index (κ3) is 7.02. The van der Waals surface area contributed by atoms with Gasteiger partial charge in [-0.2, -0.15) is 13.2 Å². The fraction of sp³-hybridized carbons (Fsp3) is 0.273. The minimum atomic E-state index is -4.64. The SMILES string of the molecule is C[C@@H]1CC[C@H](CCNC(=O)/C=C/c2ccc(OCc3ccccc3)cc2)N1c1ccc2[nH]c(=O)cc(C(F)(F)F)c2c1. The van der Waals surface area contributed by atoms with Crippen LogP contribution in [-0.4, -0.2) is 29.5 Å². The summed E-state index contributed by atoms with van der Waals surface area (Å²) in [4.78, 5) is 28.8. The van der Waals surface area contributed by atoms with Crippen molar-refractivity contribution in [2.45, 2.75) is 51.1 Å². The van der Waals surface area contributed by atoms with Crippen LogP contribution in [0.1, 0.15) is 42.9 Å². The fourth-order valence-electron chi connectivity index (χ4n) is 5.47. The quantitative estimate of drug-likeness (QED) is 0.218. The molecule has 1 aliphatic heterocycles. The molecule has 0 spiro atoms. The number of hydrogen-bond donors (Lipinski definition) is 2. The van der Waals surface area contributed by atoms with Gasteiger partial charge in [-0.25, -0.2) is 0 Å². The Hall–Kier alpha value is -4.53. The van der Waals surface area contributed by atoms with Gasteiger partial charge in [0.1, 0.15) is 12.4 Å². The predicted octanol–water partition coefficient (Wildman–Crippen LogP) is 6.70. The molecular formula is C33H32F3N3O3. The number of rotatable bonds is 9. The number of aromatic nitrogens is 1. The molecule has 4 aromatic rings. The van der Waals surface area contributed by atoms with E-state index in [1.165, 1.54) is 18.2 Å². The number of fused-ring (bicyclic) bond motifs is 1. The summed E-state index contributed by atoms with van der Waals surface area (Å²) >= 11 is 0. The molecule has 1 fully saturated rings. The van der Waals surface area contributed by atoms with Gasteiger partial charge in [-0.15, -0.1) is 0 Å². The van der Waals surface area contributed by atoms with Crippen LogP contribution in [0.2, 0.25) is 0 Å². The second-order valence-corrected chi connectivity index (χ2v) is 10.5. The van der Waals surface area contributed by atoms with Gasteiger partial charge in [-0.05, 0) is 73.7 Å². The van der Waals surface area contributed by atoms with Gasteiger partial charge >= 0.3 is 6.18 Å². The van der Waals surface area contributed by atoms with Gasteiger partial charge in [0.2, 0.25) is 11.5 Å². The molecule has 2 N–H and O–H groups in total. The summed E-state index contributed by atoms with van der Waals surface area (Å²) in [5.74, 6) is 0.520. The van der Waals surface area contributed by atoms with E-state index in [4.69, 9.17) is 4.74 Å². The lowest BCUT2D eigenvalue weighted by Crippen LogP contribution is -2.37. The zero-order valence-corrected chi connectivity index (χ0v) is 23.2. The average molecular weight is 576 g/mol. The highest BCUT2D eigenvalue weighted by Crippen LogP contribution is 2.37. The van der Waals surface area contributed by atoms with Gasteiger partial charge in [-0.1, -0.05) is 42.5 Å². The number of carbonyl (C=O) groups excluding carboxylic acids is 1. The maximum absolute atomic E-state index is 13.7. The first-order valence-corrected chi connectivity index (χ1v) is 13.9. The van der Waals surface area contributed by atoms with Gasteiger partial charge in [0, 0.05) is 47.4 Å². The Labute approximate surface area is 241 Å². The Morgan fingerprint density at radius 2 is 1.81 bits per heavy atom. The van der Waals surface area contributed by atoms with Crippen LogP contribution in [0.5, 0.6) is 5.75 Å². The van der Waals surface area contributed by atoms with E-state index in [-0.39, 0.29) is 28.9 Å². The van der Waals surface area contributed by atoms with Crippen LogP contribution in [0.3, 0.4) is 0 Å². The van der Waals surface area contributed by atoms with Crippen LogP contribution in [-0.2, 0) is 17.6 Å². The van der Waals surface area contributed by atoms with E-state index in [1.54, 1.807) is 12.1 Å². The number of pyridine rings is 1. The van der Waals surface area contributed by atoms with Crippen LogP contribution < -0.4 is 20.5 Å². The highest BCUT2D eigenvalue weighted by Gasteiger charge is 2.35. The van der Waals surface area contributed by atoms with E-state index in [0.717, 1.165) is 29.7 Å². The van der Waals surface area contributed by atoms with Crippen LogP contribution >= 0.6 is 0 Å². The molecule has 0 unspecified atom stereocenters. The summed E-state index contributed by atoms with van der Waals surface area (Å²) in [5.41, 5.74) is 1.03. The normalized spacial score (nSPS) is 17.2. The van der Waals surface area contributed by atoms with Crippen molar-refractivity contribution in [3.63, 3.8) is 0 Å². The molecule has 1 aromatic heterocycles. The predicted molar refractivity (Wildman–Crippen MR) is 158 cm³/mol. The number of anilines is 1. The van der Waals surface area contributed by atoms with Crippen LogP contribution in [0, 0.1) is 0 Å². The number of aromatic amines is 1. The van der Waals surface area contributed by atoms with Crippen molar-refractivity contribution in [1.29, 1.82) is 0 Å². The van der Waals surface area contributed by atoms with Crippen LogP contribution in [0.4, 0.5) is 18.9 Å². The number of hydrogen-bond acceptors (Lipinski definition) is 4. The molecule has 1 amide bonds. The Balaban J connectivity index is 1.16. The molecule has 42 heavy (non-hydrogen) atoms. The van der Waals surface area contributed by atoms with E-state index >= 15 is 0 Å². The molecule has 0 radical (unpaired) electrons. The molecule has 1 aliphatic rings. The number of carbonyl (C=O) groups is 1. The number of amides is 1.